The molecule has 1 saturated heterocycles. The Balaban J connectivity index is 1.48. The molecule has 1 aliphatic rings. The number of rotatable bonds is 7. The van der Waals surface area contributed by atoms with Crippen molar-refractivity contribution in [2.75, 3.05) is 0 Å². The molecule has 7 heteroatoms. The minimum atomic E-state index is -0.596. The molecule has 1 atom stereocenters. The predicted molar refractivity (Wildman–Crippen MR) is 112 cm³/mol. The molecular formula is C23H25FN4O2. The number of hydrogen-bond acceptors (Lipinski definition) is 3. The number of carbonyl (C=O) groups excluding carboxylic acids is 2. The lowest BCUT2D eigenvalue weighted by molar-refractivity contribution is -0.135. The summed E-state index contributed by atoms with van der Waals surface area (Å²) in [6.45, 7) is 3.29. The van der Waals surface area contributed by atoms with E-state index in [0.29, 0.717) is 18.4 Å². The van der Waals surface area contributed by atoms with Gasteiger partial charge in [-0.25, -0.2) is 9.37 Å². The molecule has 156 valence electrons. The van der Waals surface area contributed by atoms with E-state index in [2.05, 4.69) is 21.8 Å². The fourth-order valence-corrected chi connectivity index (χ4v) is 4.03. The first-order chi connectivity index (χ1) is 14.6. The zero-order chi connectivity index (χ0) is 21.1. The zero-order valence-electron chi connectivity index (χ0n) is 17.0. The molecule has 0 aliphatic carbocycles. The number of likely N-dealkylation sites (tertiary alicyclic amines) is 1. The van der Waals surface area contributed by atoms with Crippen molar-refractivity contribution < 1.29 is 14.0 Å². The molecule has 0 saturated carbocycles. The molecule has 1 aromatic heterocycles. The summed E-state index contributed by atoms with van der Waals surface area (Å²) in [7, 11) is 0. The topological polar surface area (TPSA) is 67.2 Å². The first-order valence-corrected chi connectivity index (χ1v) is 10.3. The van der Waals surface area contributed by atoms with Gasteiger partial charge in [0.05, 0.1) is 17.6 Å². The van der Waals surface area contributed by atoms with E-state index in [1.807, 2.05) is 24.3 Å². The van der Waals surface area contributed by atoms with Crippen LogP contribution in [0.4, 0.5) is 4.39 Å². The van der Waals surface area contributed by atoms with Crippen molar-refractivity contribution >= 4 is 22.8 Å². The van der Waals surface area contributed by atoms with Crippen molar-refractivity contribution in [3.63, 3.8) is 0 Å². The lowest BCUT2D eigenvalue weighted by atomic mass is 10.1. The Hall–Kier alpha value is -3.22. The van der Waals surface area contributed by atoms with Crippen molar-refractivity contribution in [1.82, 2.24) is 19.8 Å². The predicted octanol–water partition coefficient (Wildman–Crippen LogP) is 3.39. The quantitative estimate of drug-likeness (QED) is 0.652. The van der Waals surface area contributed by atoms with Gasteiger partial charge in [0.1, 0.15) is 17.7 Å². The number of para-hydroxylation sites is 2. The highest BCUT2D eigenvalue weighted by Crippen LogP contribution is 2.23. The van der Waals surface area contributed by atoms with Gasteiger partial charge in [0.2, 0.25) is 11.8 Å². The number of aryl methyl sites for hydroxylation is 1. The third-order valence-electron chi connectivity index (χ3n) is 5.53. The molecule has 1 aliphatic heterocycles. The Morgan fingerprint density at radius 2 is 1.97 bits per heavy atom. The Bertz CT molecular complexity index is 1080. The minimum Gasteiger partial charge on any atom is -0.347 e. The highest BCUT2D eigenvalue weighted by atomic mass is 19.1. The monoisotopic (exact) mass is 408 g/mol. The molecule has 1 fully saturated rings. The Morgan fingerprint density at radius 3 is 2.77 bits per heavy atom. The van der Waals surface area contributed by atoms with E-state index in [1.54, 1.807) is 18.2 Å². The van der Waals surface area contributed by atoms with Gasteiger partial charge in [-0.05, 0) is 31.0 Å². The molecule has 4 rings (SSSR count). The normalized spacial score (nSPS) is 16.4. The molecule has 3 aromatic rings. The van der Waals surface area contributed by atoms with Crippen molar-refractivity contribution in [1.29, 1.82) is 0 Å². The first kappa shape index (κ1) is 20.1. The van der Waals surface area contributed by atoms with E-state index in [1.165, 1.54) is 11.0 Å². The van der Waals surface area contributed by atoms with Crippen molar-refractivity contribution in [2.45, 2.75) is 51.9 Å². The van der Waals surface area contributed by atoms with E-state index in [0.717, 1.165) is 29.8 Å². The van der Waals surface area contributed by atoms with Crippen molar-refractivity contribution in [2.24, 2.45) is 0 Å². The third-order valence-corrected chi connectivity index (χ3v) is 5.53. The number of nitrogens with one attached hydrogen (secondary N) is 1. The summed E-state index contributed by atoms with van der Waals surface area (Å²) in [4.78, 5) is 31.4. The van der Waals surface area contributed by atoms with Crippen LogP contribution in [-0.4, -0.2) is 32.3 Å². The van der Waals surface area contributed by atoms with Gasteiger partial charge in [-0.3, -0.25) is 9.59 Å². The number of halogens is 1. The van der Waals surface area contributed by atoms with Crippen LogP contribution in [0.2, 0.25) is 0 Å². The number of benzene rings is 2. The van der Waals surface area contributed by atoms with Crippen LogP contribution >= 0.6 is 0 Å². The Morgan fingerprint density at radius 1 is 1.20 bits per heavy atom. The van der Waals surface area contributed by atoms with Gasteiger partial charge in [-0.15, -0.1) is 0 Å². The lowest BCUT2D eigenvalue weighted by Gasteiger charge is -2.24. The van der Waals surface area contributed by atoms with Gasteiger partial charge in [0.15, 0.2) is 0 Å². The SMILES string of the molecule is CCCn1c(CNC(=O)C2CCC(=O)N2Cc2ccccc2F)nc2ccccc21. The maximum atomic E-state index is 14.0. The van der Waals surface area contributed by atoms with Gasteiger partial charge in [-0.2, -0.15) is 0 Å². The van der Waals surface area contributed by atoms with E-state index in [4.69, 9.17) is 0 Å². The molecule has 0 bridgehead atoms. The van der Waals surface area contributed by atoms with Crippen LogP contribution < -0.4 is 5.32 Å². The third kappa shape index (κ3) is 3.92. The van der Waals surface area contributed by atoms with Crippen LogP contribution in [0.3, 0.4) is 0 Å². The van der Waals surface area contributed by atoms with Crippen LogP contribution in [-0.2, 0) is 29.2 Å². The molecule has 1 N–H and O–H groups in total. The van der Waals surface area contributed by atoms with Crippen molar-refractivity contribution in [3.05, 3.63) is 65.7 Å². The van der Waals surface area contributed by atoms with E-state index < -0.39 is 6.04 Å². The van der Waals surface area contributed by atoms with E-state index >= 15 is 0 Å². The summed E-state index contributed by atoms with van der Waals surface area (Å²) in [5.41, 5.74) is 2.35. The number of carbonyl (C=O) groups is 2. The number of imidazole rings is 1. The summed E-state index contributed by atoms with van der Waals surface area (Å²) in [5.74, 6) is 0.0601. The number of hydrogen-bond donors (Lipinski definition) is 1. The molecule has 2 aromatic carbocycles. The summed E-state index contributed by atoms with van der Waals surface area (Å²) in [5, 5.41) is 2.94. The fourth-order valence-electron chi connectivity index (χ4n) is 4.03. The standard InChI is InChI=1S/C23H25FN4O2/c1-2-13-27-19-10-6-5-9-18(19)26-21(27)14-25-23(30)20-11-12-22(29)28(20)15-16-7-3-4-8-17(16)24/h3-10,20H,2,11-15H2,1H3,(H,25,30). The average molecular weight is 408 g/mol. The van der Waals surface area contributed by atoms with Gasteiger partial charge >= 0.3 is 0 Å². The van der Waals surface area contributed by atoms with Crippen LogP contribution in [0.1, 0.15) is 37.6 Å². The highest BCUT2D eigenvalue weighted by Gasteiger charge is 2.36. The molecule has 0 spiro atoms. The molecule has 6 nitrogen and oxygen atoms in total. The summed E-state index contributed by atoms with van der Waals surface area (Å²) in [6.07, 6.45) is 1.68. The van der Waals surface area contributed by atoms with Gasteiger partial charge in [0, 0.05) is 25.1 Å². The minimum absolute atomic E-state index is 0.0952. The molecule has 30 heavy (non-hydrogen) atoms. The van der Waals surface area contributed by atoms with Crippen LogP contribution in [0, 0.1) is 5.82 Å². The average Bonchev–Trinajstić information content (AvgIpc) is 3.29. The zero-order valence-corrected chi connectivity index (χ0v) is 17.0. The van der Waals surface area contributed by atoms with Crippen LogP contribution in [0.15, 0.2) is 48.5 Å². The second-order valence-corrected chi connectivity index (χ2v) is 7.55. The Kier molecular flexibility index (Phi) is 5.79. The second-order valence-electron chi connectivity index (χ2n) is 7.55. The van der Waals surface area contributed by atoms with E-state index in [-0.39, 0.29) is 30.7 Å². The largest absolute Gasteiger partial charge is 0.347 e. The summed E-state index contributed by atoms with van der Waals surface area (Å²) < 4.78 is 16.2. The maximum absolute atomic E-state index is 14.0. The van der Waals surface area contributed by atoms with Crippen LogP contribution in [0.5, 0.6) is 0 Å². The van der Waals surface area contributed by atoms with Gasteiger partial charge in [0.25, 0.3) is 0 Å². The van der Waals surface area contributed by atoms with Crippen LogP contribution in [0.25, 0.3) is 11.0 Å². The maximum Gasteiger partial charge on any atom is 0.243 e. The molecule has 2 heterocycles. The first-order valence-electron chi connectivity index (χ1n) is 10.3. The number of amides is 2. The highest BCUT2D eigenvalue weighted by molar-refractivity contribution is 5.90. The molecular weight excluding hydrogens is 383 g/mol. The molecule has 2 amide bonds. The summed E-state index contributed by atoms with van der Waals surface area (Å²) in [6, 6.07) is 13.6. The van der Waals surface area contributed by atoms with Gasteiger partial charge in [-0.1, -0.05) is 37.3 Å². The number of nitrogens with zero attached hydrogens (tertiary/aromatic N) is 3. The fraction of sp³-hybridized carbons (Fsp3) is 0.348. The lowest BCUT2D eigenvalue weighted by Crippen LogP contribution is -2.44. The van der Waals surface area contributed by atoms with Crippen molar-refractivity contribution in [3.8, 4) is 0 Å². The second kappa shape index (κ2) is 8.65. The number of fused-ring (bicyclic) bond motifs is 1. The summed E-state index contributed by atoms with van der Waals surface area (Å²) >= 11 is 0. The smallest absolute Gasteiger partial charge is 0.243 e. The molecule has 1 unspecified atom stereocenters. The van der Waals surface area contributed by atoms with Gasteiger partial charge < -0.3 is 14.8 Å². The Labute approximate surface area is 174 Å². The molecule has 0 radical (unpaired) electrons. The van der Waals surface area contributed by atoms with E-state index in [9.17, 15) is 14.0 Å². The number of aromatic nitrogens is 2.